The summed E-state index contributed by atoms with van der Waals surface area (Å²) in [7, 11) is 0. The van der Waals surface area contributed by atoms with Gasteiger partial charge in [0.05, 0.1) is 6.04 Å². The number of amides is 1. The average molecular weight is 358 g/mol. The first-order valence-electron chi connectivity index (χ1n) is 8.43. The Kier molecular flexibility index (Phi) is 7.05. The number of hydrogen-bond donors (Lipinski definition) is 3. The van der Waals surface area contributed by atoms with Crippen LogP contribution in [-0.2, 0) is 4.79 Å². The molecule has 0 saturated carbocycles. The van der Waals surface area contributed by atoms with E-state index in [0.717, 1.165) is 11.1 Å². The molecule has 2 aromatic rings. The topological polar surface area (TPSA) is 81.1 Å². The number of carbonyl (C=O) groups is 1. The molecule has 4 nitrogen and oxygen atoms in total. The zero-order valence-electron chi connectivity index (χ0n) is 14.8. The second kappa shape index (κ2) is 9.04. The van der Waals surface area contributed by atoms with Crippen LogP contribution in [0.25, 0.3) is 0 Å². The van der Waals surface area contributed by atoms with Gasteiger partial charge in [0.25, 0.3) is 0 Å². The third-order valence-corrected chi connectivity index (χ3v) is 5.54. The van der Waals surface area contributed by atoms with Crippen LogP contribution in [0.2, 0.25) is 0 Å². The van der Waals surface area contributed by atoms with Crippen molar-refractivity contribution < 1.29 is 4.79 Å². The number of rotatable bonds is 8. The van der Waals surface area contributed by atoms with Crippen molar-refractivity contribution in [1.82, 2.24) is 5.32 Å². The minimum atomic E-state index is -0.617. The van der Waals surface area contributed by atoms with Crippen LogP contribution in [0.4, 0.5) is 0 Å². The van der Waals surface area contributed by atoms with Gasteiger partial charge < -0.3 is 16.8 Å². The fourth-order valence-corrected chi connectivity index (χ4v) is 3.45. The van der Waals surface area contributed by atoms with E-state index in [1.54, 1.807) is 0 Å². The summed E-state index contributed by atoms with van der Waals surface area (Å²) in [6.45, 7) is 4.39. The summed E-state index contributed by atoms with van der Waals surface area (Å²) in [6.07, 6.45) is 0. The molecule has 0 bridgehead atoms. The second-order valence-corrected chi connectivity index (χ2v) is 8.19. The molecule has 0 unspecified atom stereocenters. The van der Waals surface area contributed by atoms with Crippen molar-refractivity contribution in [3.05, 3.63) is 71.8 Å². The zero-order chi connectivity index (χ0) is 18.3. The molecule has 0 heterocycles. The third-order valence-electron chi connectivity index (χ3n) is 4.37. The molecule has 0 aliphatic carbocycles. The molecule has 5 heteroatoms. The molecule has 0 saturated heterocycles. The van der Waals surface area contributed by atoms with Crippen LogP contribution in [0.5, 0.6) is 0 Å². The molecule has 0 radical (unpaired) electrons. The van der Waals surface area contributed by atoms with Crippen molar-refractivity contribution in [3.8, 4) is 0 Å². The van der Waals surface area contributed by atoms with Crippen molar-refractivity contribution in [3.63, 3.8) is 0 Å². The van der Waals surface area contributed by atoms with Gasteiger partial charge in [-0.25, -0.2) is 0 Å². The van der Waals surface area contributed by atoms with Crippen LogP contribution in [0.15, 0.2) is 60.7 Å². The Hall–Kier alpha value is -1.82. The molecule has 0 aromatic heterocycles. The molecular weight excluding hydrogens is 330 g/mol. The van der Waals surface area contributed by atoms with E-state index < -0.39 is 10.8 Å². The molecule has 2 rings (SSSR count). The van der Waals surface area contributed by atoms with Gasteiger partial charge in [-0.3, -0.25) is 4.79 Å². The molecule has 0 aliphatic heterocycles. The van der Waals surface area contributed by atoms with Gasteiger partial charge in [0.2, 0.25) is 5.91 Å². The van der Waals surface area contributed by atoms with Crippen molar-refractivity contribution in [2.45, 2.75) is 30.6 Å². The van der Waals surface area contributed by atoms with E-state index in [9.17, 15) is 4.79 Å². The quantitative estimate of drug-likeness (QED) is 0.635. The highest BCUT2D eigenvalue weighted by atomic mass is 32.2. The molecule has 0 fully saturated rings. The number of hydrogen-bond acceptors (Lipinski definition) is 4. The fourth-order valence-electron chi connectivity index (χ4n) is 2.73. The summed E-state index contributed by atoms with van der Waals surface area (Å²) in [4.78, 5) is 12.5. The molecule has 1 amide bonds. The zero-order valence-corrected chi connectivity index (χ0v) is 15.6. The second-order valence-electron chi connectivity index (χ2n) is 6.51. The molecule has 134 valence electrons. The van der Waals surface area contributed by atoms with Crippen LogP contribution in [-0.4, -0.2) is 29.1 Å². The van der Waals surface area contributed by atoms with Crippen LogP contribution in [0, 0.1) is 0 Å². The maximum absolute atomic E-state index is 12.5. The highest BCUT2D eigenvalue weighted by Crippen LogP contribution is 2.27. The Balaban J connectivity index is 2.12. The molecule has 2 aromatic carbocycles. The fraction of sp³-hybridized carbons (Fsp3) is 0.350. The minimum absolute atomic E-state index is 0.0869. The molecular formula is C20H27N3OS. The Bertz CT molecular complexity index is 622. The standard InChI is InChI=1S/C20H27N3OS/c1-20(2,25-14-21)18(22)19(24)23-13-17(15-9-5-3-6-10-15)16-11-7-4-8-12-16/h3-12,17-18H,13-14,21-22H2,1-2H3,(H,23,24)/t18-/m1/s1. The largest absolute Gasteiger partial charge is 0.354 e. The molecule has 5 N–H and O–H groups in total. The van der Waals surface area contributed by atoms with E-state index >= 15 is 0 Å². The number of thioether (sulfide) groups is 1. The summed E-state index contributed by atoms with van der Waals surface area (Å²) >= 11 is 1.49. The van der Waals surface area contributed by atoms with E-state index in [2.05, 4.69) is 29.6 Å². The predicted molar refractivity (Wildman–Crippen MR) is 106 cm³/mol. The van der Waals surface area contributed by atoms with Gasteiger partial charge in [-0.1, -0.05) is 60.7 Å². The molecule has 0 aliphatic rings. The summed E-state index contributed by atoms with van der Waals surface area (Å²) in [5.74, 6) is 0.372. The van der Waals surface area contributed by atoms with Crippen LogP contribution in [0.1, 0.15) is 30.9 Å². The lowest BCUT2D eigenvalue weighted by atomic mass is 9.91. The number of nitrogens with two attached hydrogens (primary N) is 2. The lowest BCUT2D eigenvalue weighted by Crippen LogP contribution is -2.53. The summed E-state index contributed by atoms with van der Waals surface area (Å²) in [5.41, 5.74) is 14.1. The van der Waals surface area contributed by atoms with Crippen molar-refractivity contribution in [2.24, 2.45) is 11.5 Å². The van der Waals surface area contributed by atoms with Gasteiger partial charge in [-0.2, -0.15) is 0 Å². The van der Waals surface area contributed by atoms with Gasteiger partial charge in [0.1, 0.15) is 0 Å². The number of carbonyl (C=O) groups excluding carboxylic acids is 1. The average Bonchev–Trinajstić information content (AvgIpc) is 2.63. The normalized spacial score (nSPS) is 12.8. The first kappa shape index (κ1) is 19.5. The first-order chi connectivity index (χ1) is 12.0. The predicted octanol–water partition coefficient (Wildman–Crippen LogP) is 2.69. The smallest absolute Gasteiger partial charge is 0.238 e. The monoisotopic (exact) mass is 357 g/mol. The van der Waals surface area contributed by atoms with Crippen LogP contribution in [0.3, 0.4) is 0 Å². The van der Waals surface area contributed by atoms with E-state index in [4.69, 9.17) is 11.5 Å². The SMILES string of the molecule is CC(C)(SCN)[C@H](N)C(=O)NCC(c1ccccc1)c1ccccc1. The van der Waals surface area contributed by atoms with Crippen LogP contribution < -0.4 is 16.8 Å². The van der Waals surface area contributed by atoms with E-state index in [1.165, 1.54) is 11.8 Å². The summed E-state index contributed by atoms with van der Waals surface area (Å²) in [5, 5.41) is 3.03. The number of nitrogens with one attached hydrogen (secondary N) is 1. The molecule has 1 atom stereocenters. The maximum atomic E-state index is 12.5. The van der Waals surface area contributed by atoms with Gasteiger partial charge in [0.15, 0.2) is 0 Å². The van der Waals surface area contributed by atoms with Crippen molar-refractivity contribution >= 4 is 17.7 Å². The highest BCUT2D eigenvalue weighted by molar-refractivity contribution is 8.00. The first-order valence-corrected chi connectivity index (χ1v) is 9.41. The summed E-state index contributed by atoms with van der Waals surface area (Å²) in [6, 6.07) is 19.7. The van der Waals surface area contributed by atoms with Crippen molar-refractivity contribution in [1.29, 1.82) is 0 Å². The maximum Gasteiger partial charge on any atom is 0.238 e. The molecule has 25 heavy (non-hydrogen) atoms. The third kappa shape index (κ3) is 5.33. The van der Waals surface area contributed by atoms with Crippen LogP contribution >= 0.6 is 11.8 Å². The Morgan fingerprint density at radius 1 is 1.04 bits per heavy atom. The Morgan fingerprint density at radius 3 is 1.96 bits per heavy atom. The highest BCUT2D eigenvalue weighted by Gasteiger charge is 2.32. The van der Waals surface area contributed by atoms with Gasteiger partial charge >= 0.3 is 0 Å². The summed E-state index contributed by atoms with van der Waals surface area (Å²) < 4.78 is -0.409. The molecule has 0 spiro atoms. The van der Waals surface area contributed by atoms with Gasteiger partial charge in [0, 0.05) is 23.1 Å². The van der Waals surface area contributed by atoms with E-state index in [-0.39, 0.29) is 11.8 Å². The minimum Gasteiger partial charge on any atom is -0.354 e. The van der Waals surface area contributed by atoms with E-state index in [1.807, 2.05) is 50.2 Å². The van der Waals surface area contributed by atoms with Crippen molar-refractivity contribution in [2.75, 3.05) is 12.4 Å². The van der Waals surface area contributed by atoms with E-state index in [0.29, 0.717) is 12.4 Å². The van der Waals surface area contributed by atoms with Gasteiger partial charge in [-0.15, -0.1) is 11.8 Å². The lowest BCUT2D eigenvalue weighted by molar-refractivity contribution is -0.122. The lowest BCUT2D eigenvalue weighted by Gasteiger charge is -2.30. The number of benzene rings is 2. The Labute approximate surface area is 154 Å². The van der Waals surface area contributed by atoms with Gasteiger partial charge in [-0.05, 0) is 25.0 Å². The Morgan fingerprint density at radius 2 is 1.52 bits per heavy atom.